The number of carbonyl (C=O) groups is 1. The van der Waals surface area contributed by atoms with E-state index in [0.29, 0.717) is 12.6 Å². The van der Waals surface area contributed by atoms with Gasteiger partial charge in [-0.15, -0.1) is 0 Å². The number of quaternary nitrogens is 2. The molecule has 0 radical (unpaired) electrons. The molecule has 1 fully saturated rings. The van der Waals surface area contributed by atoms with Gasteiger partial charge in [-0.2, -0.15) is 0 Å². The zero-order valence-corrected chi connectivity index (χ0v) is 16.8. The molecular formula is C25H26FN3O+2. The van der Waals surface area contributed by atoms with Crippen LogP contribution in [-0.4, -0.2) is 38.6 Å². The van der Waals surface area contributed by atoms with Crippen molar-refractivity contribution in [1.82, 2.24) is 0 Å². The first kappa shape index (κ1) is 19.0. The zero-order valence-electron chi connectivity index (χ0n) is 16.8. The minimum atomic E-state index is -0.395. The number of halogens is 1. The molecule has 1 aliphatic carbocycles. The Kier molecular flexibility index (Phi) is 5.07. The molecule has 30 heavy (non-hydrogen) atoms. The van der Waals surface area contributed by atoms with E-state index in [9.17, 15) is 9.18 Å². The fourth-order valence-electron chi connectivity index (χ4n) is 4.97. The minimum absolute atomic E-state index is 0.130. The van der Waals surface area contributed by atoms with Gasteiger partial charge in [-0.05, 0) is 23.3 Å². The van der Waals surface area contributed by atoms with Crippen LogP contribution in [0.4, 0.5) is 10.1 Å². The number of rotatable bonds is 4. The van der Waals surface area contributed by atoms with Crippen molar-refractivity contribution in [3.8, 4) is 11.1 Å². The number of carbonyl (C=O) groups excluding carboxylic acids is 1. The van der Waals surface area contributed by atoms with Crippen LogP contribution < -0.4 is 15.1 Å². The van der Waals surface area contributed by atoms with E-state index >= 15 is 0 Å². The summed E-state index contributed by atoms with van der Waals surface area (Å²) in [6.45, 7) is 4.26. The van der Waals surface area contributed by atoms with Crippen LogP contribution in [0, 0.1) is 5.82 Å². The number of amides is 1. The van der Waals surface area contributed by atoms with Gasteiger partial charge >= 0.3 is 0 Å². The van der Waals surface area contributed by atoms with Crippen LogP contribution in [-0.2, 0) is 4.79 Å². The number of fused-ring (bicyclic) bond motifs is 3. The van der Waals surface area contributed by atoms with E-state index in [4.69, 9.17) is 0 Å². The van der Waals surface area contributed by atoms with E-state index in [0.717, 1.165) is 26.2 Å². The van der Waals surface area contributed by atoms with Crippen molar-refractivity contribution in [1.29, 1.82) is 0 Å². The lowest BCUT2D eigenvalue weighted by molar-refractivity contribution is -1.02. The van der Waals surface area contributed by atoms with Gasteiger partial charge in [-0.1, -0.05) is 60.7 Å². The minimum Gasteiger partial charge on any atom is -0.319 e. The normalized spacial score (nSPS) is 20.4. The summed E-state index contributed by atoms with van der Waals surface area (Å²) < 4.78 is 13.8. The molecule has 1 amide bonds. The van der Waals surface area contributed by atoms with Crippen LogP contribution in [0.5, 0.6) is 0 Å². The van der Waals surface area contributed by atoms with E-state index in [1.165, 1.54) is 33.2 Å². The number of benzene rings is 3. The first-order valence-corrected chi connectivity index (χ1v) is 10.6. The predicted octanol–water partition coefficient (Wildman–Crippen LogP) is 1.32. The fourth-order valence-corrected chi connectivity index (χ4v) is 4.97. The molecule has 3 N–H and O–H groups in total. The molecular weight excluding hydrogens is 377 g/mol. The van der Waals surface area contributed by atoms with Gasteiger partial charge in [-0.25, -0.2) is 4.39 Å². The highest BCUT2D eigenvalue weighted by molar-refractivity contribution is 5.91. The molecule has 0 saturated carbocycles. The van der Waals surface area contributed by atoms with Gasteiger partial charge < -0.3 is 15.1 Å². The Labute approximate surface area is 175 Å². The molecule has 0 atom stereocenters. The lowest BCUT2D eigenvalue weighted by atomic mass is 10.0. The Morgan fingerprint density at radius 2 is 1.40 bits per heavy atom. The van der Waals surface area contributed by atoms with Crippen molar-refractivity contribution < 1.29 is 19.0 Å². The zero-order chi connectivity index (χ0) is 20.5. The summed E-state index contributed by atoms with van der Waals surface area (Å²) in [6.07, 6.45) is 0. The van der Waals surface area contributed by atoms with Crippen molar-refractivity contribution in [2.45, 2.75) is 6.04 Å². The number of hydrogen-bond acceptors (Lipinski definition) is 1. The van der Waals surface area contributed by atoms with E-state index < -0.39 is 5.82 Å². The van der Waals surface area contributed by atoms with Crippen LogP contribution in [0.15, 0.2) is 72.8 Å². The third-order valence-electron chi connectivity index (χ3n) is 6.40. The monoisotopic (exact) mass is 403 g/mol. The Morgan fingerprint density at radius 1 is 0.833 bits per heavy atom. The molecule has 0 unspecified atom stereocenters. The molecule has 4 nitrogen and oxygen atoms in total. The van der Waals surface area contributed by atoms with Gasteiger partial charge in [0.1, 0.15) is 38.0 Å². The third-order valence-corrected chi connectivity index (χ3v) is 6.40. The first-order valence-electron chi connectivity index (χ1n) is 10.6. The predicted molar refractivity (Wildman–Crippen MR) is 115 cm³/mol. The highest BCUT2D eigenvalue weighted by Crippen LogP contribution is 2.41. The highest BCUT2D eigenvalue weighted by atomic mass is 19.1. The Morgan fingerprint density at radius 3 is 2.03 bits per heavy atom. The van der Waals surface area contributed by atoms with Gasteiger partial charge in [0, 0.05) is 11.1 Å². The second kappa shape index (κ2) is 8.01. The van der Waals surface area contributed by atoms with Gasteiger partial charge in [0.25, 0.3) is 5.91 Å². The highest BCUT2D eigenvalue weighted by Gasteiger charge is 2.38. The maximum atomic E-state index is 13.8. The second-order valence-electron chi connectivity index (χ2n) is 8.22. The molecule has 1 aliphatic heterocycles. The molecule has 5 rings (SSSR count). The van der Waals surface area contributed by atoms with Gasteiger partial charge in [0.05, 0.1) is 5.69 Å². The van der Waals surface area contributed by atoms with Crippen LogP contribution >= 0.6 is 0 Å². The number of hydrogen-bond donors (Lipinski definition) is 3. The van der Waals surface area contributed by atoms with E-state index in [1.807, 2.05) is 0 Å². The van der Waals surface area contributed by atoms with Gasteiger partial charge in [-0.3, -0.25) is 4.79 Å². The molecule has 0 bridgehead atoms. The molecule has 1 heterocycles. The van der Waals surface area contributed by atoms with Crippen molar-refractivity contribution in [2.24, 2.45) is 0 Å². The summed E-state index contributed by atoms with van der Waals surface area (Å²) >= 11 is 0. The van der Waals surface area contributed by atoms with Crippen LogP contribution in [0.1, 0.15) is 17.2 Å². The molecule has 1 saturated heterocycles. The molecule has 0 spiro atoms. The quantitative estimate of drug-likeness (QED) is 0.604. The summed E-state index contributed by atoms with van der Waals surface area (Å²) in [7, 11) is 0. The Balaban J connectivity index is 1.24. The average molecular weight is 404 g/mol. The smallest absolute Gasteiger partial charge is 0.279 e. The number of piperazine rings is 1. The lowest BCUT2D eigenvalue weighted by Crippen LogP contribution is -3.28. The number of nitrogens with one attached hydrogen (secondary N) is 3. The maximum Gasteiger partial charge on any atom is 0.279 e. The topological polar surface area (TPSA) is 38.0 Å². The number of para-hydroxylation sites is 1. The maximum absolute atomic E-state index is 13.8. The summed E-state index contributed by atoms with van der Waals surface area (Å²) in [5.41, 5.74) is 5.78. The number of anilines is 1. The molecule has 5 heteroatoms. The first-order chi connectivity index (χ1) is 14.7. The molecule has 3 aromatic rings. The van der Waals surface area contributed by atoms with Gasteiger partial charge in [0.2, 0.25) is 0 Å². The van der Waals surface area contributed by atoms with Crippen molar-refractivity contribution in [3.63, 3.8) is 0 Å². The summed E-state index contributed by atoms with van der Waals surface area (Å²) in [5, 5.41) is 2.71. The summed E-state index contributed by atoms with van der Waals surface area (Å²) in [4.78, 5) is 15.2. The average Bonchev–Trinajstić information content (AvgIpc) is 3.11. The van der Waals surface area contributed by atoms with E-state index in [-0.39, 0.29) is 11.6 Å². The Bertz CT molecular complexity index is 1030. The van der Waals surface area contributed by atoms with Crippen LogP contribution in [0.3, 0.4) is 0 Å². The fraction of sp³-hybridized carbons (Fsp3) is 0.240. The molecule has 3 aromatic carbocycles. The van der Waals surface area contributed by atoms with Crippen molar-refractivity contribution in [3.05, 3.63) is 89.7 Å². The van der Waals surface area contributed by atoms with Crippen molar-refractivity contribution in [2.75, 3.05) is 38.0 Å². The molecule has 152 valence electrons. The largest absolute Gasteiger partial charge is 0.319 e. The van der Waals surface area contributed by atoms with Crippen LogP contribution in [0.25, 0.3) is 11.1 Å². The lowest BCUT2D eigenvalue weighted by Gasteiger charge is -2.33. The third kappa shape index (κ3) is 3.51. The van der Waals surface area contributed by atoms with Gasteiger partial charge in [0.15, 0.2) is 6.54 Å². The molecule has 2 aliphatic rings. The van der Waals surface area contributed by atoms with Crippen molar-refractivity contribution >= 4 is 11.6 Å². The SMILES string of the molecule is O=C(C[NH+]1CC[NH+](C2c3ccccc3-c3ccccc32)CC1)Nc1ccccc1F. The van der Waals surface area contributed by atoms with E-state index in [1.54, 1.807) is 23.1 Å². The summed E-state index contributed by atoms with van der Waals surface area (Å²) in [5.74, 6) is -0.524. The standard InChI is InChI=1S/C25H24FN3O/c26-22-11-5-6-12-23(22)27-24(30)17-28-13-15-29(16-14-28)25-20-9-3-1-7-18(20)19-8-2-4-10-21(19)25/h1-12,25H,13-17H2,(H,27,30)/p+2. The second-order valence-corrected chi connectivity index (χ2v) is 8.22. The molecule has 0 aromatic heterocycles. The summed E-state index contributed by atoms with van der Waals surface area (Å²) in [6, 6.07) is 24.1. The Hall–Kier alpha value is -3.02. The van der Waals surface area contributed by atoms with E-state index in [2.05, 4.69) is 53.8 Å². The van der Waals surface area contributed by atoms with Crippen LogP contribution in [0.2, 0.25) is 0 Å².